The van der Waals surface area contributed by atoms with E-state index in [4.69, 9.17) is 10.2 Å². The lowest BCUT2D eigenvalue weighted by atomic mass is 10.1. The predicted octanol–water partition coefficient (Wildman–Crippen LogP) is 2.60. The van der Waals surface area contributed by atoms with Crippen molar-refractivity contribution < 1.29 is 9.21 Å². The Labute approximate surface area is 119 Å². The number of anilines is 1. The minimum absolute atomic E-state index is 0.134. The van der Waals surface area contributed by atoms with Gasteiger partial charge in [-0.15, -0.1) is 0 Å². The molecule has 0 bridgehead atoms. The summed E-state index contributed by atoms with van der Waals surface area (Å²) < 4.78 is 6.02. The van der Waals surface area contributed by atoms with Crippen LogP contribution in [0, 0.1) is 6.92 Å². The summed E-state index contributed by atoms with van der Waals surface area (Å²) in [6, 6.07) is 5.25. The Hall–Kier alpha value is -1.82. The summed E-state index contributed by atoms with van der Waals surface area (Å²) in [5.74, 6) is 0.571. The zero-order valence-electron chi connectivity index (χ0n) is 10.7. The third-order valence-corrected chi connectivity index (χ3v) is 3.13. The summed E-state index contributed by atoms with van der Waals surface area (Å²) >= 11 is 3.23. The summed E-state index contributed by atoms with van der Waals surface area (Å²) in [6.07, 6.45) is 1.54. The molecule has 0 aliphatic carbocycles. The first-order valence-corrected chi connectivity index (χ1v) is 6.48. The standard InChI is InChI=1S/C13H14BrN3O2/c1-8-11(5-9(15)6-16-8)13(18)17(2)7-10-3-4-12(14)19-10/h3-6H,7,15H2,1-2H3. The molecule has 6 heteroatoms. The topological polar surface area (TPSA) is 72.4 Å². The molecule has 2 rings (SSSR count). The molecule has 2 aromatic rings. The van der Waals surface area contributed by atoms with Gasteiger partial charge in [-0.25, -0.2) is 0 Å². The van der Waals surface area contributed by atoms with Crippen molar-refractivity contribution in [3.8, 4) is 0 Å². The lowest BCUT2D eigenvalue weighted by Gasteiger charge is -2.17. The number of amides is 1. The van der Waals surface area contributed by atoms with Gasteiger partial charge in [0.25, 0.3) is 5.91 Å². The molecule has 0 aliphatic rings. The van der Waals surface area contributed by atoms with Crippen LogP contribution in [-0.2, 0) is 6.54 Å². The number of halogens is 1. The van der Waals surface area contributed by atoms with Crippen LogP contribution in [0.15, 0.2) is 33.5 Å². The normalized spacial score (nSPS) is 10.5. The number of nitrogens with two attached hydrogens (primary N) is 1. The maximum atomic E-state index is 12.3. The van der Waals surface area contributed by atoms with Crippen LogP contribution < -0.4 is 5.73 Å². The third-order valence-electron chi connectivity index (χ3n) is 2.71. The van der Waals surface area contributed by atoms with Crippen molar-refractivity contribution in [1.82, 2.24) is 9.88 Å². The molecule has 0 radical (unpaired) electrons. The fourth-order valence-electron chi connectivity index (χ4n) is 1.71. The van der Waals surface area contributed by atoms with Crippen molar-refractivity contribution in [2.45, 2.75) is 13.5 Å². The first-order chi connectivity index (χ1) is 8.97. The van der Waals surface area contributed by atoms with E-state index in [2.05, 4.69) is 20.9 Å². The highest BCUT2D eigenvalue weighted by Gasteiger charge is 2.16. The number of aromatic nitrogens is 1. The molecule has 0 fully saturated rings. The van der Waals surface area contributed by atoms with Crippen LogP contribution >= 0.6 is 15.9 Å². The number of nitrogen functional groups attached to an aromatic ring is 1. The van der Waals surface area contributed by atoms with Crippen molar-refractivity contribution in [2.75, 3.05) is 12.8 Å². The van der Waals surface area contributed by atoms with E-state index in [1.54, 1.807) is 31.0 Å². The molecule has 1 amide bonds. The van der Waals surface area contributed by atoms with Gasteiger partial charge >= 0.3 is 0 Å². The van der Waals surface area contributed by atoms with E-state index < -0.39 is 0 Å². The molecule has 100 valence electrons. The van der Waals surface area contributed by atoms with E-state index in [1.165, 1.54) is 6.20 Å². The number of hydrogen-bond donors (Lipinski definition) is 1. The molecule has 0 unspecified atom stereocenters. The average molecular weight is 324 g/mol. The first-order valence-electron chi connectivity index (χ1n) is 5.69. The number of hydrogen-bond acceptors (Lipinski definition) is 4. The van der Waals surface area contributed by atoms with E-state index in [1.807, 2.05) is 6.07 Å². The van der Waals surface area contributed by atoms with Crippen LogP contribution in [0.4, 0.5) is 5.69 Å². The van der Waals surface area contributed by atoms with Gasteiger partial charge < -0.3 is 15.1 Å². The van der Waals surface area contributed by atoms with E-state index >= 15 is 0 Å². The van der Waals surface area contributed by atoms with Crippen LogP contribution in [0.25, 0.3) is 0 Å². The van der Waals surface area contributed by atoms with Gasteiger partial charge in [0.1, 0.15) is 5.76 Å². The first kappa shape index (κ1) is 13.6. The average Bonchev–Trinajstić information content (AvgIpc) is 2.77. The van der Waals surface area contributed by atoms with Gasteiger partial charge in [0, 0.05) is 7.05 Å². The van der Waals surface area contributed by atoms with Gasteiger partial charge in [-0.05, 0) is 41.1 Å². The van der Waals surface area contributed by atoms with E-state index in [-0.39, 0.29) is 5.91 Å². The molecule has 0 saturated carbocycles. The SMILES string of the molecule is Cc1ncc(N)cc1C(=O)N(C)Cc1ccc(Br)o1. The summed E-state index contributed by atoms with van der Waals surface area (Å²) in [5.41, 5.74) is 7.30. The molecule has 2 N–H and O–H groups in total. The number of carbonyl (C=O) groups excluding carboxylic acids is 1. The van der Waals surface area contributed by atoms with Crippen molar-refractivity contribution in [3.05, 3.63) is 46.1 Å². The van der Waals surface area contributed by atoms with Crippen LogP contribution in [0.1, 0.15) is 21.8 Å². The minimum atomic E-state index is -0.134. The Balaban J connectivity index is 2.16. The molecule has 0 aliphatic heterocycles. The molecule has 0 saturated heterocycles. The maximum Gasteiger partial charge on any atom is 0.255 e. The largest absolute Gasteiger partial charge is 0.452 e. The lowest BCUT2D eigenvalue weighted by Crippen LogP contribution is -2.27. The lowest BCUT2D eigenvalue weighted by molar-refractivity contribution is 0.0774. The quantitative estimate of drug-likeness (QED) is 0.942. The van der Waals surface area contributed by atoms with Crippen LogP contribution in [-0.4, -0.2) is 22.8 Å². The predicted molar refractivity (Wildman–Crippen MR) is 75.6 cm³/mol. The fourth-order valence-corrected chi connectivity index (χ4v) is 2.05. The molecule has 0 aromatic carbocycles. The number of carbonyl (C=O) groups is 1. The van der Waals surface area contributed by atoms with Crippen molar-refractivity contribution in [1.29, 1.82) is 0 Å². The second kappa shape index (κ2) is 5.44. The summed E-state index contributed by atoms with van der Waals surface area (Å²) in [5, 5.41) is 0. The van der Waals surface area contributed by atoms with Crippen molar-refractivity contribution in [2.24, 2.45) is 0 Å². The number of aryl methyl sites for hydroxylation is 1. The number of furan rings is 1. The molecule has 19 heavy (non-hydrogen) atoms. The second-order valence-corrected chi connectivity index (χ2v) is 5.05. The molecular weight excluding hydrogens is 310 g/mol. The Kier molecular flexibility index (Phi) is 3.90. The highest BCUT2D eigenvalue weighted by atomic mass is 79.9. The zero-order valence-corrected chi connectivity index (χ0v) is 12.3. The van der Waals surface area contributed by atoms with E-state index in [0.717, 1.165) is 0 Å². The Morgan fingerprint density at radius 1 is 1.53 bits per heavy atom. The van der Waals surface area contributed by atoms with Crippen LogP contribution in [0.3, 0.4) is 0 Å². The van der Waals surface area contributed by atoms with E-state index in [0.29, 0.717) is 33.9 Å². The molecule has 2 heterocycles. The van der Waals surface area contributed by atoms with Crippen molar-refractivity contribution in [3.63, 3.8) is 0 Å². The smallest absolute Gasteiger partial charge is 0.255 e. The Bertz CT molecular complexity index is 610. The second-order valence-electron chi connectivity index (χ2n) is 4.27. The van der Waals surface area contributed by atoms with Gasteiger partial charge in [0.2, 0.25) is 0 Å². The molecule has 2 aromatic heterocycles. The van der Waals surface area contributed by atoms with E-state index in [9.17, 15) is 4.79 Å². The number of pyridine rings is 1. The summed E-state index contributed by atoms with van der Waals surface area (Å²) in [4.78, 5) is 18.0. The van der Waals surface area contributed by atoms with Gasteiger partial charge in [0.05, 0.1) is 29.7 Å². The van der Waals surface area contributed by atoms with Gasteiger partial charge in [-0.2, -0.15) is 0 Å². The molecular formula is C13H14BrN3O2. The van der Waals surface area contributed by atoms with Gasteiger partial charge in [0.15, 0.2) is 4.67 Å². The highest BCUT2D eigenvalue weighted by molar-refractivity contribution is 9.10. The number of nitrogens with zero attached hydrogens (tertiary/aromatic N) is 2. The monoisotopic (exact) mass is 323 g/mol. The van der Waals surface area contributed by atoms with Crippen molar-refractivity contribution >= 4 is 27.5 Å². The molecule has 0 atom stereocenters. The minimum Gasteiger partial charge on any atom is -0.452 e. The summed E-state index contributed by atoms with van der Waals surface area (Å²) in [7, 11) is 1.71. The van der Waals surface area contributed by atoms with Gasteiger partial charge in [-0.3, -0.25) is 9.78 Å². The maximum absolute atomic E-state index is 12.3. The Morgan fingerprint density at radius 3 is 2.89 bits per heavy atom. The van der Waals surface area contributed by atoms with Crippen LogP contribution in [0.5, 0.6) is 0 Å². The molecule has 5 nitrogen and oxygen atoms in total. The summed E-state index contributed by atoms with van der Waals surface area (Å²) in [6.45, 7) is 2.17. The fraction of sp³-hybridized carbons (Fsp3) is 0.231. The number of rotatable bonds is 3. The highest BCUT2D eigenvalue weighted by Crippen LogP contribution is 2.17. The zero-order chi connectivity index (χ0) is 14.0. The van der Waals surface area contributed by atoms with Gasteiger partial charge in [-0.1, -0.05) is 0 Å². The van der Waals surface area contributed by atoms with Crippen LogP contribution in [0.2, 0.25) is 0 Å². The molecule has 0 spiro atoms. The Morgan fingerprint density at radius 2 is 2.26 bits per heavy atom. The third kappa shape index (κ3) is 3.14.